The van der Waals surface area contributed by atoms with Crippen molar-refractivity contribution in [3.63, 3.8) is 0 Å². The van der Waals surface area contributed by atoms with Crippen molar-refractivity contribution in [1.29, 1.82) is 0 Å². The fourth-order valence-electron chi connectivity index (χ4n) is 4.24. The molecular weight excluding hydrogens is 408 g/mol. The number of allylic oxidation sites excluding steroid dienone is 1. The summed E-state index contributed by atoms with van der Waals surface area (Å²) in [5, 5.41) is 0. The third-order valence-corrected chi connectivity index (χ3v) is 5.70. The van der Waals surface area contributed by atoms with Gasteiger partial charge in [-0.05, 0) is 29.8 Å². The Kier molecular flexibility index (Phi) is 4.90. The lowest BCUT2D eigenvalue weighted by Gasteiger charge is -2.26. The number of benzene rings is 3. The van der Waals surface area contributed by atoms with Crippen molar-refractivity contribution in [2.45, 2.75) is 12.3 Å². The molecule has 3 aromatic rings. The smallest absolute Gasteiger partial charge is 0.312 e. The van der Waals surface area contributed by atoms with Gasteiger partial charge in [0.15, 0.2) is 17.3 Å². The highest BCUT2D eigenvalue weighted by molar-refractivity contribution is 6.15. The van der Waals surface area contributed by atoms with Gasteiger partial charge >= 0.3 is 5.97 Å². The normalized spacial score (nSPS) is 17.9. The molecule has 2 aliphatic rings. The summed E-state index contributed by atoms with van der Waals surface area (Å²) in [7, 11) is 3.10. The third-order valence-electron chi connectivity index (χ3n) is 5.70. The van der Waals surface area contributed by atoms with Gasteiger partial charge in [-0.3, -0.25) is 9.59 Å². The zero-order valence-electron chi connectivity index (χ0n) is 17.6. The first-order chi connectivity index (χ1) is 15.6. The maximum absolute atomic E-state index is 13.2. The minimum absolute atomic E-state index is 0.170. The van der Waals surface area contributed by atoms with Crippen molar-refractivity contribution in [3.8, 4) is 23.0 Å². The number of ketones is 1. The third kappa shape index (κ3) is 3.21. The number of rotatable bonds is 4. The maximum Gasteiger partial charge on any atom is 0.312 e. The number of hydrogen-bond acceptors (Lipinski definition) is 6. The molecule has 32 heavy (non-hydrogen) atoms. The molecule has 0 saturated carbocycles. The van der Waals surface area contributed by atoms with Crippen LogP contribution in [-0.2, 0) is 4.79 Å². The average molecular weight is 428 g/mol. The second-order valence-electron chi connectivity index (χ2n) is 7.52. The molecular formula is C26H20O6. The van der Waals surface area contributed by atoms with Gasteiger partial charge in [0.25, 0.3) is 0 Å². The summed E-state index contributed by atoms with van der Waals surface area (Å²) in [6, 6.07) is 18.4. The molecule has 6 nitrogen and oxygen atoms in total. The molecule has 0 amide bonds. The van der Waals surface area contributed by atoms with Crippen LogP contribution in [0, 0.1) is 0 Å². The van der Waals surface area contributed by atoms with Crippen molar-refractivity contribution in [2.24, 2.45) is 0 Å². The van der Waals surface area contributed by atoms with Gasteiger partial charge in [-0.15, -0.1) is 0 Å². The fraction of sp³-hybridized carbons (Fsp3) is 0.154. The number of carbonyl (C=O) groups excluding carboxylic acids is 2. The van der Waals surface area contributed by atoms with Crippen molar-refractivity contribution >= 4 is 17.8 Å². The molecule has 2 heterocycles. The van der Waals surface area contributed by atoms with Crippen molar-refractivity contribution < 1.29 is 28.5 Å². The molecule has 0 radical (unpaired) electrons. The number of Topliss-reactive ketones (excluding diaryl/α,β-unsaturated/α-hetero) is 1. The highest BCUT2D eigenvalue weighted by Gasteiger charge is 2.38. The molecule has 0 spiro atoms. The Balaban J connectivity index is 1.61. The largest absolute Gasteiger partial charge is 0.493 e. The summed E-state index contributed by atoms with van der Waals surface area (Å²) in [4.78, 5) is 25.4. The van der Waals surface area contributed by atoms with Gasteiger partial charge in [0, 0.05) is 17.0 Å². The average Bonchev–Trinajstić information content (AvgIpc) is 3.14. The molecule has 0 bridgehead atoms. The van der Waals surface area contributed by atoms with E-state index in [2.05, 4.69) is 0 Å². The van der Waals surface area contributed by atoms with Gasteiger partial charge in [0.2, 0.25) is 5.78 Å². The quantitative estimate of drug-likeness (QED) is 0.339. The molecule has 3 aromatic carbocycles. The van der Waals surface area contributed by atoms with Crippen LogP contribution in [0.1, 0.15) is 39.4 Å². The van der Waals surface area contributed by atoms with E-state index in [1.54, 1.807) is 38.5 Å². The molecule has 0 fully saturated rings. The summed E-state index contributed by atoms with van der Waals surface area (Å²) in [5.41, 5.74) is 2.77. The molecule has 0 aromatic heterocycles. The number of fused-ring (bicyclic) bond motifs is 3. The van der Waals surface area contributed by atoms with E-state index in [9.17, 15) is 9.59 Å². The van der Waals surface area contributed by atoms with Gasteiger partial charge in [-0.2, -0.15) is 0 Å². The number of carbonyl (C=O) groups is 2. The lowest BCUT2D eigenvalue weighted by atomic mass is 9.85. The number of para-hydroxylation sites is 1. The van der Waals surface area contributed by atoms with Crippen LogP contribution in [0.15, 0.2) is 66.4 Å². The molecule has 1 unspecified atom stereocenters. The lowest BCUT2D eigenvalue weighted by Crippen LogP contribution is -2.21. The maximum atomic E-state index is 13.2. The fourth-order valence-corrected chi connectivity index (χ4v) is 4.24. The molecule has 0 N–H and O–H groups in total. The van der Waals surface area contributed by atoms with E-state index in [1.807, 2.05) is 42.5 Å². The Hall–Kier alpha value is -4.06. The van der Waals surface area contributed by atoms with Gasteiger partial charge in [0.1, 0.15) is 11.5 Å². The van der Waals surface area contributed by atoms with Crippen molar-refractivity contribution in [1.82, 2.24) is 0 Å². The predicted octanol–water partition coefficient (Wildman–Crippen LogP) is 4.76. The first-order valence-corrected chi connectivity index (χ1v) is 10.2. The van der Waals surface area contributed by atoms with Crippen molar-refractivity contribution in [2.75, 3.05) is 14.2 Å². The Labute approximate surface area is 185 Å². The molecule has 0 saturated heterocycles. The van der Waals surface area contributed by atoms with E-state index in [1.165, 1.54) is 0 Å². The zero-order valence-corrected chi connectivity index (χ0v) is 17.6. The van der Waals surface area contributed by atoms with E-state index < -0.39 is 0 Å². The van der Waals surface area contributed by atoms with Crippen LogP contribution in [0.4, 0.5) is 0 Å². The summed E-state index contributed by atoms with van der Waals surface area (Å²) in [5.74, 6) is 1.27. The Bertz CT molecular complexity index is 1260. The number of esters is 1. The van der Waals surface area contributed by atoms with Gasteiger partial charge in [0.05, 0.1) is 26.2 Å². The van der Waals surface area contributed by atoms with Gasteiger partial charge in [-0.1, -0.05) is 42.5 Å². The number of methoxy groups -OCH3 is 2. The van der Waals surface area contributed by atoms with Crippen LogP contribution >= 0.6 is 0 Å². The van der Waals surface area contributed by atoms with Crippen LogP contribution in [0.5, 0.6) is 23.0 Å². The Morgan fingerprint density at radius 2 is 1.72 bits per heavy atom. The zero-order chi connectivity index (χ0) is 22.2. The minimum Gasteiger partial charge on any atom is -0.493 e. The summed E-state index contributed by atoms with van der Waals surface area (Å²) in [6.07, 6.45) is 1.82. The first-order valence-electron chi connectivity index (χ1n) is 10.2. The highest BCUT2D eigenvalue weighted by atomic mass is 16.5. The summed E-state index contributed by atoms with van der Waals surface area (Å²) in [6.45, 7) is 0. The van der Waals surface area contributed by atoms with E-state index in [4.69, 9.17) is 18.9 Å². The van der Waals surface area contributed by atoms with Crippen LogP contribution in [0.3, 0.4) is 0 Å². The van der Waals surface area contributed by atoms with Crippen molar-refractivity contribution in [3.05, 3.63) is 88.7 Å². The number of ether oxygens (including phenoxy) is 4. The second-order valence-corrected chi connectivity index (χ2v) is 7.52. The first kappa shape index (κ1) is 19.9. The van der Waals surface area contributed by atoms with E-state index in [0.717, 1.165) is 5.56 Å². The summed E-state index contributed by atoms with van der Waals surface area (Å²) < 4.78 is 22.4. The second kappa shape index (κ2) is 7.89. The molecule has 5 rings (SSSR count). The van der Waals surface area contributed by atoms with Gasteiger partial charge in [-0.25, -0.2) is 0 Å². The molecule has 160 valence electrons. The number of hydrogen-bond donors (Lipinski definition) is 0. The lowest BCUT2D eigenvalue weighted by molar-refractivity contribution is -0.135. The van der Waals surface area contributed by atoms with E-state index in [-0.39, 0.29) is 29.9 Å². The van der Waals surface area contributed by atoms with Gasteiger partial charge < -0.3 is 18.9 Å². The molecule has 1 atom stereocenters. The van der Waals surface area contributed by atoms with E-state index in [0.29, 0.717) is 39.7 Å². The molecule has 0 aliphatic carbocycles. The minimum atomic E-state index is -0.312. The molecule has 2 aliphatic heterocycles. The Morgan fingerprint density at radius 1 is 0.906 bits per heavy atom. The summed E-state index contributed by atoms with van der Waals surface area (Å²) >= 11 is 0. The van der Waals surface area contributed by atoms with Crippen LogP contribution in [-0.4, -0.2) is 26.0 Å². The SMILES string of the molecule is COc1cccc(C=C2Oc3c(ccc4c3C(c3ccccc3)CC(=O)O4)C2=O)c1OC. The standard InChI is InChI=1S/C26H20O6/c1-29-20-10-6-9-16(25(20)30-2)13-21-24(28)17-11-12-19-23(26(17)32-21)18(14-22(27)31-19)15-7-4-3-5-8-15/h3-13,18H,14H2,1-2H3. The van der Waals surface area contributed by atoms with Crippen LogP contribution in [0.2, 0.25) is 0 Å². The topological polar surface area (TPSA) is 71.1 Å². The molecule has 6 heteroatoms. The van der Waals surface area contributed by atoms with E-state index >= 15 is 0 Å². The Morgan fingerprint density at radius 3 is 2.47 bits per heavy atom. The monoisotopic (exact) mass is 428 g/mol. The van der Waals surface area contributed by atoms with Crippen LogP contribution < -0.4 is 18.9 Å². The highest BCUT2D eigenvalue weighted by Crippen LogP contribution is 2.49. The predicted molar refractivity (Wildman–Crippen MR) is 117 cm³/mol. The van der Waals surface area contributed by atoms with Crippen LogP contribution in [0.25, 0.3) is 6.08 Å².